The first-order valence-corrected chi connectivity index (χ1v) is 14.5. The maximum absolute atomic E-state index is 12.7. The van der Waals surface area contributed by atoms with Crippen LogP contribution >= 0.6 is 11.6 Å². The van der Waals surface area contributed by atoms with Crippen molar-refractivity contribution < 1.29 is 18.9 Å². The molecule has 0 unspecified atom stereocenters. The van der Waals surface area contributed by atoms with Gasteiger partial charge in [0.25, 0.3) is 11.1 Å². The predicted molar refractivity (Wildman–Crippen MR) is 167 cm³/mol. The average Bonchev–Trinajstić information content (AvgIpc) is 3.01. The minimum Gasteiger partial charge on any atom is -0.346 e. The number of H-pyrrole nitrogens is 2. The summed E-state index contributed by atoms with van der Waals surface area (Å²) in [5.74, 6) is 0.741. The fourth-order valence-electron chi connectivity index (χ4n) is 4.47. The maximum atomic E-state index is 12.7. The molecule has 0 saturated heterocycles. The molecule has 226 valence electrons. The summed E-state index contributed by atoms with van der Waals surface area (Å²) in [5.41, 5.74) is 2.50. The topological polar surface area (TPSA) is 128 Å². The maximum Gasteiger partial charge on any atom is 0.260 e. The Morgan fingerprint density at radius 1 is 0.628 bits per heavy atom. The first kappa shape index (κ1) is 32.0. The highest BCUT2D eigenvalue weighted by atomic mass is 35.5. The van der Waals surface area contributed by atoms with Gasteiger partial charge in [0.15, 0.2) is 11.6 Å². The van der Waals surface area contributed by atoms with E-state index < -0.39 is 12.6 Å². The van der Waals surface area contributed by atoms with Gasteiger partial charge in [-0.1, -0.05) is 60.1 Å². The molecule has 10 nitrogen and oxygen atoms in total. The zero-order chi connectivity index (χ0) is 30.8. The summed E-state index contributed by atoms with van der Waals surface area (Å²) in [6.07, 6.45) is -1.34. The van der Waals surface area contributed by atoms with Crippen molar-refractivity contribution in [3.8, 4) is 11.1 Å². The van der Waals surface area contributed by atoms with E-state index >= 15 is 0 Å². The molecule has 0 aliphatic heterocycles. The highest BCUT2D eigenvalue weighted by Gasteiger charge is 2.18. The average molecular weight is 607 g/mol. The molecule has 0 spiro atoms. The Balaban J connectivity index is 0.000000203. The lowest BCUT2D eigenvalue weighted by molar-refractivity contribution is -0.145. The third-order valence-electron chi connectivity index (χ3n) is 6.26. The molecule has 0 atom stereocenters. The first-order valence-electron chi connectivity index (χ1n) is 14.1. The fraction of sp³-hybridized carbons (Fsp3) is 0.312. The van der Waals surface area contributed by atoms with Crippen LogP contribution in [0.25, 0.3) is 32.9 Å². The van der Waals surface area contributed by atoms with Crippen molar-refractivity contribution in [1.82, 2.24) is 19.9 Å². The minimum atomic E-state index is -0.675. The van der Waals surface area contributed by atoms with Crippen molar-refractivity contribution in [2.24, 2.45) is 0 Å². The highest BCUT2D eigenvalue weighted by Crippen LogP contribution is 2.26. The SMILES string of the molecule is CCOC(OCC)c1nc2cccc(-c3ccccc3)c2c(=O)[nH]1.CCOC(OCC)c1nc2cccc(Cl)c2c(=O)[nH]1. The number of hydrogen-bond acceptors (Lipinski definition) is 8. The number of nitrogens with one attached hydrogen (secondary N) is 2. The Kier molecular flexibility index (Phi) is 11.5. The number of aromatic amines is 2. The standard InChI is InChI=1S/C19H20N2O3.C13H15ClN2O3/c1-3-23-19(24-4-2)17-20-15-12-8-11-14(16(15)18(22)21-17)13-9-6-5-7-10-13;1-3-18-13(19-4-2)11-15-9-7-5-6-8(14)10(9)12(17)16-11/h5-12,19H,3-4H2,1-2H3,(H,20,21,22);5-7,13H,3-4H2,1-2H3,(H,15,16,17). The molecule has 2 heterocycles. The minimum absolute atomic E-state index is 0.196. The summed E-state index contributed by atoms with van der Waals surface area (Å²) in [5, 5.41) is 1.32. The molecule has 0 radical (unpaired) electrons. The van der Waals surface area contributed by atoms with E-state index in [9.17, 15) is 9.59 Å². The van der Waals surface area contributed by atoms with Crippen LogP contribution in [0.3, 0.4) is 0 Å². The molecular formula is C32H35ClN4O6. The van der Waals surface area contributed by atoms with Gasteiger partial charge in [-0.15, -0.1) is 0 Å². The summed E-state index contributed by atoms with van der Waals surface area (Å²) in [7, 11) is 0. The molecule has 2 aromatic heterocycles. The lowest BCUT2D eigenvalue weighted by Gasteiger charge is -2.16. The molecule has 0 amide bonds. The monoisotopic (exact) mass is 606 g/mol. The predicted octanol–water partition coefficient (Wildman–Crippen LogP) is 6.31. The highest BCUT2D eigenvalue weighted by molar-refractivity contribution is 6.35. The Labute approximate surface area is 254 Å². The van der Waals surface area contributed by atoms with E-state index in [2.05, 4.69) is 19.9 Å². The summed E-state index contributed by atoms with van der Waals surface area (Å²) < 4.78 is 21.9. The lowest BCUT2D eigenvalue weighted by atomic mass is 10.0. The Morgan fingerprint density at radius 3 is 1.60 bits per heavy atom. The third kappa shape index (κ3) is 7.73. The van der Waals surface area contributed by atoms with Crippen LogP contribution in [0, 0.1) is 0 Å². The molecule has 0 saturated carbocycles. The molecule has 0 bridgehead atoms. The summed E-state index contributed by atoms with van der Waals surface area (Å²) >= 11 is 5.99. The van der Waals surface area contributed by atoms with E-state index in [1.54, 1.807) is 18.2 Å². The largest absolute Gasteiger partial charge is 0.346 e. The van der Waals surface area contributed by atoms with E-state index in [0.717, 1.165) is 11.1 Å². The smallest absolute Gasteiger partial charge is 0.260 e. The molecule has 3 aromatic carbocycles. The number of aromatic nitrogens is 4. The zero-order valence-corrected chi connectivity index (χ0v) is 25.3. The van der Waals surface area contributed by atoms with Crippen molar-refractivity contribution in [3.05, 3.63) is 104 Å². The van der Waals surface area contributed by atoms with Crippen molar-refractivity contribution in [2.75, 3.05) is 26.4 Å². The van der Waals surface area contributed by atoms with Crippen LogP contribution in [-0.2, 0) is 18.9 Å². The zero-order valence-electron chi connectivity index (χ0n) is 24.6. The summed E-state index contributed by atoms with van der Waals surface area (Å²) in [6, 6.07) is 20.6. The summed E-state index contributed by atoms with van der Waals surface area (Å²) in [6.45, 7) is 9.30. The second-order valence-corrected chi connectivity index (χ2v) is 9.49. The van der Waals surface area contributed by atoms with Gasteiger partial charge in [0, 0.05) is 26.4 Å². The Hall–Kier alpha value is -3.93. The van der Waals surface area contributed by atoms with Gasteiger partial charge >= 0.3 is 0 Å². The van der Waals surface area contributed by atoms with Crippen LogP contribution in [-0.4, -0.2) is 46.4 Å². The van der Waals surface area contributed by atoms with E-state index in [4.69, 9.17) is 30.5 Å². The number of fused-ring (bicyclic) bond motifs is 2. The van der Waals surface area contributed by atoms with Gasteiger partial charge in [-0.2, -0.15) is 0 Å². The summed E-state index contributed by atoms with van der Waals surface area (Å²) in [4.78, 5) is 39.1. The fourth-order valence-corrected chi connectivity index (χ4v) is 4.73. The van der Waals surface area contributed by atoms with Crippen LogP contribution in [0.5, 0.6) is 0 Å². The number of ether oxygens (including phenoxy) is 4. The van der Waals surface area contributed by atoms with Crippen LogP contribution in [0.4, 0.5) is 0 Å². The molecule has 5 aromatic rings. The molecule has 0 aliphatic carbocycles. The third-order valence-corrected chi connectivity index (χ3v) is 6.57. The van der Waals surface area contributed by atoms with E-state index in [-0.39, 0.29) is 11.1 Å². The van der Waals surface area contributed by atoms with Gasteiger partial charge < -0.3 is 28.9 Å². The molecular weight excluding hydrogens is 572 g/mol. The number of rotatable bonds is 11. The molecule has 2 N–H and O–H groups in total. The van der Waals surface area contributed by atoms with Gasteiger partial charge in [0.05, 0.1) is 26.8 Å². The number of hydrogen-bond donors (Lipinski definition) is 2. The van der Waals surface area contributed by atoms with Crippen molar-refractivity contribution >= 4 is 33.4 Å². The first-order chi connectivity index (χ1) is 20.9. The Bertz CT molecular complexity index is 1750. The van der Waals surface area contributed by atoms with Crippen LogP contribution < -0.4 is 11.1 Å². The van der Waals surface area contributed by atoms with Gasteiger partial charge in [0.1, 0.15) is 0 Å². The van der Waals surface area contributed by atoms with Gasteiger partial charge in [-0.25, -0.2) is 9.97 Å². The van der Waals surface area contributed by atoms with E-state index in [1.807, 2.05) is 76.2 Å². The molecule has 11 heteroatoms. The van der Waals surface area contributed by atoms with Crippen LogP contribution in [0.2, 0.25) is 5.02 Å². The number of nitrogens with zero attached hydrogens (tertiary/aromatic N) is 2. The number of benzene rings is 3. The van der Waals surface area contributed by atoms with E-state index in [0.29, 0.717) is 64.9 Å². The normalized spacial score (nSPS) is 11.3. The van der Waals surface area contributed by atoms with Gasteiger partial charge in [0.2, 0.25) is 12.6 Å². The number of halogens is 1. The molecule has 0 aliphatic rings. The van der Waals surface area contributed by atoms with Crippen molar-refractivity contribution in [3.63, 3.8) is 0 Å². The Morgan fingerprint density at radius 2 is 1.09 bits per heavy atom. The van der Waals surface area contributed by atoms with Crippen LogP contribution in [0.15, 0.2) is 76.3 Å². The van der Waals surface area contributed by atoms with Crippen molar-refractivity contribution in [1.29, 1.82) is 0 Å². The molecule has 43 heavy (non-hydrogen) atoms. The van der Waals surface area contributed by atoms with Crippen molar-refractivity contribution in [2.45, 2.75) is 40.3 Å². The second kappa shape index (κ2) is 15.5. The van der Waals surface area contributed by atoms with Gasteiger partial charge in [-0.05, 0) is 57.0 Å². The molecule has 0 fully saturated rings. The lowest BCUT2D eigenvalue weighted by Crippen LogP contribution is -2.19. The van der Waals surface area contributed by atoms with Crippen LogP contribution in [0.1, 0.15) is 51.9 Å². The van der Waals surface area contributed by atoms with Gasteiger partial charge in [-0.3, -0.25) is 9.59 Å². The van der Waals surface area contributed by atoms with E-state index in [1.165, 1.54) is 0 Å². The molecule has 5 rings (SSSR count). The quantitative estimate of drug-likeness (QED) is 0.167. The second-order valence-electron chi connectivity index (χ2n) is 9.09.